The van der Waals surface area contributed by atoms with Crippen molar-refractivity contribution in [3.8, 4) is 0 Å². The molecule has 1 amide bonds. The number of hydrazone groups is 1. The summed E-state index contributed by atoms with van der Waals surface area (Å²) in [6, 6.07) is 3.31. The minimum atomic E-state index is -0.331. The summed E-state index contributed by atoms with van der Waals surface area (Å²) >= 11 is 6.48. The smallest absolute Gasteiger partial charge is 0.274 e. The number of halogens is 2. The molecule has 2 heterocycles. The molecule has 0 aliphatic rings. The van der Waals surface area contributed by atoms with E-state index in [1.165, 1.54) is 12.5 Å². The van der Waals surface area contributed by atoms with Gasteiger partial charge in [-0.2, -0.15) is 5.10 Å². The van der Waals surface area contributed by atoms with E-state index in [9.17, 15) is 4.79 Å². The second-order valence-electron chi connectivity index (χ2n) is 3.36. The summed E-state index contributed by atoms with van der Waals surface area (Å²) in [5, 5.41) is 3.79. The third kappa shape index (κ3) is 2.91. The monoisotopic (exact) mass is 374 g/mol. The molecule has 0 atom stereocenters. The van der Waals surface area contributed by atoms with Crippen LogP contribution in [-0.4, -0.2) is 12.1 Å². The van der Waals surface area contributed by atoms with Crippen molar-refractivity contribution >= 4 is 44.0 Å². The maximum atomic E-state index is 11.7. The van der Waals surface area contributed by atoms with Crippen LogP contribution in [0, 0.1) is 6.92 Å². The van der Waals surface area contributed by atoms with Crippen LogP contribution in [0.1, 0.15) is 21.9 Å². The molecule has 0 bridgehead atoms. The van der Waals surface area contributed by atoms with Crippen molar-refractivity contribution in [2.24, 2.45) is 5.10 Å². The van der Waals surface area contributed by atoms with Gasteiger partial charge in [-0.3, -0.25) is 4.79 Å². The molecule has 18 heavy (non-hydrogen) atoms. The van der Waals surface area contributed by atoms with Crippen LogP contribution < -0.4 is 5.43 Å². The topological polar surface area (TPSA) is 67.7 Å². The van der Waals surface area contributed by atoms with Crippen LogP contribution in [0.3, 0.4) is 0 Å². The molecule has 0 aliphatic heterocycles. The molecule has 94 valence electrons. The van der Waals surface area contributed by atoms with Gasteiger partial charge in [0.15, 0.2) is 4.67 Å². The van der Waals surface area contributed by atoms with Gasteiger partial charge in [0, 0.05) is 6.07 Å². The van der Waals surface area contributed by atoms with E-state index in [2.05, 4.69) is 42.4 Å². The van der Waals surface area contributed by atoms with Crippen molar-refractivity contribution in [3.05, 3.63) is 44.6 Å². The number of amides is 1. The summed E-state index contributed by atoms with van der Waals surface area (Å²) in [5.41, 5.74) is 2.84. The van der Waals surface area contributed by atoms with Crippen LogP contribution in [0.5, 0.6) is 0 Å². The third-order valence-electron chi connectivity index (χ3n) is 2.13. The molecule has 2 aromatic heterocycles. The van der Waals surface area contributed by atoms with Crippen LogP contribution in [0.15, 0.2) is 41.5 Å². The molecule has 0 spiro atoms. The van der Waals surface area contributed by atoms with Gasteiger partial charge in [-0.05, 0) is 44.8 Å². The molecule has 0 saturated carbocycles. The lowest BCUT2D eigenvalue weighted by Gasteiger charge is -1.96. The Kier molecular flexibility index (Phi) is 4.03. The average Bonchev–Trinajstić information content (AvgIpc) is 2.86. The van der Waals surface area contributed by atoms with Crippen LogP contribution in [-0.2, 0) is 0 Å². The van der Waals surface area contributed by atoms with Crippen molar-refractivity contribution in [2.75, 3.05) is 0 Å². The molecule has 0 aromatic carbocycles. The van der Waals surface area contributed by atoms with Gasteiger partial charge >= 0.3 is 0 Å². The van der Waals surface area contributed by atoms with Gasteiger partial charge in [0.1, 0.15) is 11.5 Å². The number of aryl methyl sites for hydroxylation is 1. The van der Waals surface area contributed by atoms with Crippen molar-refractivity contribution in [1.82, 2.24) is 5.43 Å². The predicted molar refractivity (Wildman–Crippen MR) is 72.6 cm³/mol. The zero-order valence-electron chi connectivity index (χ0n) is 9.24. The Bertz CT molecular complexity index is 582. The minimum Gasteiger partial charge on any atom is -0.469 e. The van der Waals surface area contributed by atoms with E-state index in [1.807, 2.05) is 0 Å². The Balaban J connectivity index is 2.00. The molecular weight excluding hydrogens is 368 g/mol. The second-order valence-corrected chi connectivity index (χ2v) is 4.93. The molecule has 7 heteroatoms. The van der Waals surface area contributed by atoms with Crippen molar-refractivity contribution < 1.29 is 13.6 Å². The van der Waals surface area contributed by atoms with E-state index in [4.69, 9.17) is 8.83 Å². The first kappa shape index (κ1) is 13.1. The maximum absolute atomic E-state index is 11.7. The minimum absolute atomic E-state index is 0.331. The highest BCUT2D eigenvalue weighted by atomic mass is 79.9. The van der Waals surface area contributed by atoms with Crippen LogP contribution in [0.4, 0.5) is 0 Å². The lowest BCUT2D eigenvalue weighted by Crippen LogP contribution is -2.17. The number of carbonyl (C=O) groups is 1. The number of carbonyl (C=O) groups excluding carboxylic acids is 1. The fourth-order valence-corrected chi connectivity index (χ4v) is 1.87. The van der Waals surface area contributed by atoms with Crippen LogP contribution in [0.2, 0.25) is 0 Å². The van der Waals surface area contributed by atoms with Gasteiger partial charge in [-0.25, -0.2) is 5.43 Å². The standard InChI is InChI=1S/C11H8Br2N2O3/c1-6-8(2-3-17-6)11(16)15-14-5-7-4-9(12)10(13)18-7/h2-5H,1H3,(H,15,16). The van der Waals surface area contributed by atoms with E-state index < -0.39 is 0 Å². The lowest BCUT2D eigenvalue weighted by atomic mass is 10.2. The van der Waals surface area contributed by atoms with Crippen molar-refractivity contribution in [3.63, 3.8) is 0 Å². The number of furan rings is 2. The number of nitrogens with zero attached hydrogens (tertiary/aromatic N) is 1. The predicted octanol–water partition coefficient (Wildman–Crippen LogP) is 3.47. The average molecular weight is 376 g/mol. The molecule has 0 fully saturated rings. The quantitative estimate of drug-likeness (QED) is 0.659. The van der Waals surface area contributed by atoms with E-state index in [-0.39, 0.29) is 5.91 Å². The van der Waals surface area contributed by atoms with E-state index in [0.29, 0.717) is 21.8 Å². The van der Waals surface area contributed by atoms with Gasteiger partial charge in [-0.1, -0.05) is 0 Å². The Morgan fingerprint density at radius 2 is 2.28 bits per heavy atom. The first-order valence-corrected chi connectivity index (χ1v) is 6.49. The lowest BCUT2D eigenvalue weighted by molar-refractivity contribution is 0.0953. The number of hydrogen-bond donors (Lipinski definition) is 1. The molecule has 0 saturated heterocycles. The van der Waals surface area contributed by atoms with Gasteiger partial charge in [0.25, 0.3) is 5.91 Å². The zero-order chi connectivity index (χ0) is 13.1. The molecule has 2 rings (SSSR count). The fraction of sp³-hybridized carbons (Fsp3) is 0.0909. The normalized spacial score (nSPS) is 11.1. The largest absolute Gasteiger partial charge is 0.469 e. The first-order valence-electron chi connectivity index (χ1n) is 4.90. The summed E-state index contributed by atoms with van der Waals surface area (Å²) in [4.78, 5) is 11.7. The Labute approximate surface area is 119 Å². The SMILES string of the molecule is Cc1occc1C(=O)NN=Cc1cc(Br)c(Br)o1. The molecule has 0 radical (unpaired) electrons. The highest BCUT2D eigenvalue weighted by Crippen LogP contribution is 2.25. The maximum Gasteiger partial charge on any atom is 0.274 e. The second kappa shape index (κ2) is 5.53. The molecule has 0 aliphatic carbocycles. The highest BCUT2D eigenvalue weighted by Gasteiger charge is 2.10. The fourth-order valence-electron chi connectivity index (χ4n) is 1.26. The van der Waals surface area contributed by atoms with Gasteiger partial charge in [0.2, 0.25) is 0 Å². The van der Waals surface area contributed by atoms with E-state index >= 15 is 0 Å². The van der Waals surface area contributed by atoms with Crippen LogP contribution in [0.25, 0.3) is 0 Å². The van der Waals surface area contributed by atoms with Gasteiger partial charge in [-0.15, -0.1) is 0 Å². The third-order valence-corrected chi connectivity index (χ3v) is 3.84. The number of rotatable bonds is 3. The van der Waals surface area contributed by atoms with Gasteiger partial charge in [0.05, 0.1) is 22.5 Å². The van der Waals surface area contributed by atoms with Crippen LogP contribution >= 0.6 is 31.9 Å². The summed E-state index contributed by atoms with van der Waals surface area (Å²) in [6.07, 6.45) is 2.86. The Morgan fingerprint density at radius 3 is 2.83 bits per heavy atom. The molecule has 0 unspecified atom stereocenters. The molecule has 2 aromatic rings. The number of nitrogens with one attached hydrogen (secondary N) is 1. The summed E-state index contributed by atoms with van der Waals surface area (Å²) in [6.45, 7) is 1.71. The zero-order valence-corrected chi connectivity index (χ0v) is 12.4. The number of hydrogen-bond acceptors (Lipinski definition) is 4. The van der Waals surface area contributed by atoms with Crippen molar-refractivity contribution in [1.29, 1.82) is 0 Å². The highest BCUT2D eigenvalue weighted by molar-refractivity contribution is 9.13. The summed E-state index contributed by atoms with van der Waals surface area (Å²) in [7, 11) is 0. The van der Waals surface area contributed by atoms with E-state index in [0.717, 1.165) is 4.47 Å². The Hall–Kier alpha value is -1.34. The van der Waals surface area contributed by atoms with Gasteiger partial charge < -0.3 is 8.83 Å². The molecular formula is C11H8Br2N2O3. The summed E-state index contributed by atoms with van der Waals surface area (Å²) in [5.74, 6) is 0.728. The van der Waals surface area contributed by atoms with Crippen molar-refractivity contribution in [2.45, 2.75) is 6.92 Å². The summed E-state index contributed by atoms with van der Waals surface area (Å²) < 4.78 is 11.6. The molecule has 5 nitrogen and oxygen atoms in total. The first-order chi connectivity index (χ1) is 8.58. The van der Waals surface area contributed by atoms with E-state index in [1.54, 1.807) is 19.1 Å². The Morgan fingerprint density at radius 1 is 1.50 bits per heavy atom. The molecule has 1 N–H and O–H groups in total.